The number of imidazole rings is 1. The quantitative estimate of drug-likeness (QED) is 0.787. The van der Waals surface area contributed by atoms with Crippen LogP contribution in [0.3, 0.4) is 0 Å². The number of aromatic nitrogens is 3. The van der Waals surface area contributed by atoms with Crippen molar-refractivity contribution < 1.29 is 14.3 Å². The van der Waals surface area contributed by atoms with Crippen LogP contribution in [-0.4, -0.2) is 39.7 Å². The number of hydrogen-bond acceptors (Lipinski definition) is 5. The monoisotopic (exact) mass is 359 g/mol. The first-order chi connectivity index (χ1) is 12.4. The van der Waals surface area contributed by atoms with Gasteiger partial charge in [-0.05, 0) is 37.0 Å². The summed E-state index contributed by atoms with van der Waals surface area (Å²) in [5.41, 5.74) is 0.901. The molecule has 0 saturated carbocycles. The molecule has 2 aromatic rings. The van der Waals surface area contributed by atoms with Gasteiger partial charge in [0, 0.05) is 25.1 Å². The van der Waals surface area contributed by atoms with Crippen molar-refractivity contribution in [1.82, 2.24) is 25.2 Å². The molecule has 0 aliphatic heterocycles. The number of carbonyl (C=O) groups is 2. The molecule has 1 unspecified atom stereocenters. The van der Waals surface area contributed by atoms with Crippen molar-refractivity contribution >= 4 is 12.0 Å². The number of hydrogen-bond donors (Lipinski definition) is 2. The standard InChI is InChI=1S/C18H25N5O3/c1-12(2)9-15(22-18(25)26-4)17(24)21-11-14-5-6-20-16(10-14)23-8-7-19-13(23)3/h5-8,10,12,15H,9,11H2,1-4H3,(H,21,24)(H,22,25). The van der Waals surface area contributed by atoms with Gasteiger partial charge in [-0.2, -0.15) is 0 Å². The van der Waals surface area contributed by atoms with E-state index in [0.29, 0.717) is 13.0 Å². The van der Waals surface area contributed by atoms with Crippen LogP contribution in [0.15, 0.2) is 30.7 Å². The lowest BCUT2D eigenvalue weighted by atomic mass is 10.0. The van der Waals surface area contributed by atoms with Gasteiger partial charge in [0.15, 0.2) is 0 Å². The van der Waals surface area contributed by atoms with Gasteiger partial charge < -0.3 is 15.4 Å². The Hall–Kier alpha value is -2.90. The fourth-order valence-electron chi connectivity index (χ4n) is 2.54. The molecule has 8 heteroatoms. The molecule has 0 spiro atoms. The van der Waals surface area contributed by atoms with Gasteiger partial charge in [-0.15, -0.1) is 0 Å². The molecule has 140 valence electrons. The lowest BCUT2D eigenvalue weighted by molar-refractivity contribution is -0.123. The van der Waals surface area contributed by atoms with Crippen LogP contribution in [-0.2, 0) is 16.1 Å². The van der Waals surface area contributed by atoms with Gasteiger partial charge in [-0.25, -0.2) is 14.8 Å². The molecule has 2 N–H and O–H groups in total. The Kier molecular flexibility index (Phi) is 6.71. The Balaban J connectivity index is 2.03. The number of pyridine rings is 1. The highest BCUT2D eigenvalue weighted by atomic mass is 16.5. The van der Waals surface area contributed by atoms with Crippen molar-refractivity contribution in [2.45, 2.75) is 39.8 Å². The van der Waals surface area contributed by atoms with E-state index < -0.39 is 12.1 Å². The third-order valence-corrected chi connectivity index (χ3v) is 3.85. The minimum Gasteiger partial charge on any atom is -0.453 e. The van der Waals surface area contributed by atoms with Crippen molar-refractivity contribution in [2.75, 3.05) is 7.11 Å². The Morgan fingerprint density at radius 2 is 2.04 bits per heavy atom. The largest absolute Gasteiger partial charge is 0.453 e. The zero-order chi connectivity index (χ0) is 19.1. The number of ether oxygens (including phenoxy) is 1. The maximum atomic E-state index is 12.5. The molecule has 26 heavy (non-hydrogen) atoms. The zero-order valence-electron chi connectivity index (χ0n) is 15.5. The maximum absolute atomic E-state index is 12.5. The van der Waals surface area contributed by atoms with E-state index in [9.17, 15) is 9.59 Å². The summed E-state index contributed by atoms with van der Waals surface area (Å²) < 4.78 is 6.46. The van der Waals surface area contributed by atoms with E-state index in [1.807, 2.05) is 43.7 Å². The summed E-state index contributed by atoms with van der Waals surface area (Å²) in [6, 6.07) is 3.08. The van der Waals surface area contributed by atoms with E-state index in [1.165, 1.54) is 7.11 Å². The van der Waals surface area contributed by atoms with Gasteiger partial charge in [-0.1, -0.05) is 13.8 Å². The molecule has 0 aliphatic rings. The van der Waals surface area contributed by atoms with Crippen LogP contribution in [0.25, 0.3) is 5.82 Å². The minimum atomic E-state index is -0.639. The second-order valence-electron chi connectivity index (χ2n) is 6.40. The van der Waals surface area contributed by atoms with E-state index in [4.69, 9.17) is 0 Å². The lowest BCUT2D eigenvalue weighted by Crippen LogP contribution is -2.47. The number of rotatable bonds is 7. The molecule has 2 rings (SSSR count). The second kappa shape index (κ2) is 8.98. The van der Waals surface area contributed by atoms with Crippen LogP contribution in [0, 0.1) is 12.8 Å². The molecule has 0 bridgehead atoms. The summed E-state index contributed by atoms with van der Waals surface area (Å²) in [4.78, 5) is 32.4. The average molecular weight is 359 g/mol. The summed E-state index contributed by atoms with van der Waals surface area (Å²) in [5, 5.41) is 5.44. The summed E-state index contributed by atoms with van der Waals surface area (Å²) in [6.07, 6.45) is 5.14. The number of carbonyl (C=O) groups excluding carboxylic acids is 2. The fraction of sp³-hybridized carbons (Fsp3) is 0.444. The zero-order valence-corrected chi connectivity index (χ0v) is 15.5. The molecule has 8 nitrogen and oxygen atoms in total. The highest BCUT2D eigenvalue weighted by Gasteiger charge is 2.22. The summed E-state index contributed by atoms with van der Waals surface area (Å²) >= 11 is 0. The van der Waals surface area contributed by atoms with Gasteiger partial charge >= 0.3 is 6.09 Å². The fourth-order valence-corrected chi connectivity index (χ4v) is 2.54. The maximum Gasteiger partial charge on any atom is 0.407 e. The van der Waals surface area contributed by atoms with Gasteiger partial charge in [-0.3, -0.25) is 9.36 Å². The number of amides is 2. The van der Waals surface area contributed by atoms with Crippen LogP contribution in [0.5, 0.6) is 0 Å². The first-order valence-corrected chi connectivity index (χ1v) is 8.48. The third-order valence-electron chi connectivity index (χ3n) is 3.85. The summed E-state index contributed by atoms with van der Waals surface area (Å²) in [7, 11) is 1.27. The number of alkyl carbamates (subject to hydrolysis) is 1. The molecule has 2 aromatic heterocycles. The van der Waals surface area contributed by atoms with Gasteiger partial charge in [0.2, 0.25) is 5.91 Å². The van der Waals surface area contributed by atoms with Crippen molar-refractivity contribution in [1.29, 1.82) is 0 Å². The van der Waals surface area contributed by atoms with E-state index in [-0.39, 0.29) is 11.8 Å². The van der Waals surface area contributed by atoms with Crippen molar-refractivity contribution in [3.63, 3.8) is 0 Å². The van der Waals surface area contributed by atoms with E-state index >= 15 is 0 Å². The first kappa shape index (κ1) is 19.4. The SMILES string of the molecule is COC(=O)NC(CC(C)C)C(=O)NCc1ccnc(-n2ccnc2C)c1. The Bertz CT molecular complexity index is 757. The lowest BCUT2D eigenvalue weighted by Gasteiger charge is -2.19. The van der Waals surface area contributed by atoms with E-state index in [0.717, 1.165) is 17.2 Å². The van der Waals surface area contributed by atoms with Crippen LogP contribution in [0.2, 0.25) is 0 Å². The topological polar surface area (TPSA) is 98.1 Å². The molecule has 0 saturated heterocycles. The highest BCUT2D eigenvalue weighted by Crippen LogP contribution is 2.10. The molecule has 2 amide bonds. The van der Waals surface area contributed by atoms with Gasteiger partial charge in [0.25, 0.3) is 0 Å². The molecular formula is C18H25N5O3. The van der Waals surface area contributed by atoms with Crippen molar-refractivity contribution in [3.05, 3.63) is 42.1 Å². The van der Waals surface area contributed by atoms with Crippen LogP contribution in [0.4, 0.5) is 4.79 Å². The van der Waals surface area contributed by atoms with E-state index in [1.54, 1.807) is 12.4 Å². The molecule has 0 aliphatic carbocycles. The Morgan fingerprint density at radius 3 is 2.65 bits per heavy atom. The summed E-state index contributed by atoms with van der Waals surface area (Å²) in [5.74, 6) is 1.57. The predicted octanol–water partition coefficient (Wildman–Crippen LogP) is 1.96. The number of aryl methyl sites for hydroxylation is 1. The summed E-state index contributed by atoms with van der Waals surface area (Å²) in [6.45, 7) is 6.20. The Morgan fingerprint density at radius 1 is 1.27 bits per heavy atom. The van der Waals surface area contributed by atoms with Crippen LogP contribution in [0.1, 0.15) is 31.7 Å². The highest BCUT2D eigenvalue weighted by molar-refractivity contribution is 5.85. The number of nitrogens with zero attached hydrogens (tertiary/aromatic N) is 3. The van der Waals surface area contributed by atoms with Gasteiger partial charge in [0.05, 0.1) is 7.11 Å². The molecule has 0 radical (unpaired) electrons. The van der Waals surface area contributed by atoms with Gasteiger partial charge in [0.1, 0.15) is 17.7 Å². The molecule has 2 heterocycles. The minimum absolute atomic E-state index is 0.249. The predicted molar refractivity (Wildman–Crippen MR) is 96.7 cm³/mol. The van der Waals surface area contributed by atoms with Crippen LogP contribution >= 0.6 is 0 Å². The number of nitrogens with one attached hydrogen (secondary N) is 2. The molecule has 1 atom stereocenters. The second-order valence-corrected chi connectivity index (χ2v) is 6.40. The number of methoxy groups -OCH3 is 1. The normalized spacial score (nSPS) is 11.9. The molecule has 0 aromatic carbocycles. The third kappa shape index (κ3) is 5.30. The average Bonchev–Trinajstić information content (AvgIpc) is 3.04. The first-order valence-electron chi connectivity index (χ1n) is 8.48. The van der Waals surface area contributed by atoms with E-state index in [2.05, 4.69) is 25.3 Å². The van der Waals surface area contributed by atoms with Crippen molar-refractivity contribution in [3.8, 4) is 5.82 Å². The van der Waals surface area contributed by atoms with Crippen LogP contribution < -0.4 is 10.6 Å². The van der Waals surface area contributed by atoms with Crippen molar-refractivity contribution in [2.24, 2.45) is 5.92 Å². The Labute approximate surface area is 153 Å². The smallest absolute Gasteiger partial charge is 0.407 e. The molecular weight excluding hydrogens is 334 g/mol. The molecule has 0 fully saturated rings.